The summed E-state index contributed by atoms with van der Waals surface area (Å²) in [5.74, 6) is -1.00. The molecule has 8 heteroatoms. The lowest BCUT2D eigenvalue weighted by Gasteiger charge is -2.64. The normalized spacial score (nSPS) is 37.5. The van der Waals surface area contributed by atoms with Gasteiger partial charge in [0.25, 0.3) is 5.91 Å². The number of amides is 1. The molecule has 1 aromatic carbocycles. The van der Waals surface area contributed by atoms with Crippen molar-refractivity contribution in [2.24, 2.45) is 28.6 Å². The van der Waals surface area contributed by atoms with Crippen molar-refractivity contribution in [2.75, 3.05) is 0 Å². The molecule has 0 bridgehead atoms. The van der Waals surface area contributed by atoms with Gasteiger partial charge in [-0.15, -0.1) is 0 Å². The second-order valence-corrected chi connectivity index (χ2v) is 13.0. The predicted octanol–water partition coefficient (Wildman–Crippen LogP) is 3.73. The fraction of sp³-hybridized carbons (Fsp3) is 0.724. The van der Waals surface area contributed by atoms with Crippen molar-refractivity contribution in [3.8, 4) is 11.5 Å². The number of carboxylic acid groups (broad SMARTS) is 1. The third kappa shape index (κ3) is 3.33. The first-order valence-corrected chi connectivity index (χ1v) is 13.7. The maximum atomic E-state index is 13.4. The van der Waals surface area contributed by atoms with Crippen LogP contribution in [0.1, 0.15) is 88.7 Å². The van der Waals surface area contributed by atoms with E-state index >= 15 is 0 Å². The molecule has 4 aliphatic rings. The number of aromatic hydroxyl groups is 1. The zero-order chi connectivity index (χ0) is 27.2. The van der Waals surface area contributed by atoms with E-state index in [4.69, 9.17) is 4.74 Å². The lowest BCUT2D eigenvalue weighted by molar-refractivity contribution is -0.240. The Kier molecular flexibility index (Phi) is 5.93. The predicted molar refractivity (Wildman–Crippen MR) is 136 cm³/mol. The molecule has 0 radical (unpaired) electrons. The van der Waals surface area contributed by atoms with Crippen LogP contribution in [0.15, 0.2) is 6.07 Å². The molecule has 1 aromatic rings. The smallest absolute Gasteiger partial charge is 0.326 e. The van der Waals surface area contributed by atoms with Crippen molar-refractivity contribution in [1.29, 1.82) is 0 Å². The Morgan fingerprint density at radius 2 is 1.89 bits per heavy atom. The molecular formula is C29H41NO7. The summed E-state index contributed by atoms with van der Waals surface area (Å²) in [6.07, 6.45) is 1.48. The molecule has 8 atom stereocenters. The van der Waals surface area contributed by atoms with Gasteiger partial charge in [0, 0.05) is 23.0 Å². The molecule has 2 aliphatic heterocycles. The number of aliphatic hydroxyl groups excluding tert-OH is 2. The Labute approximate surface area is 218 Å². The monoisotopic (exact) mass is 515 g/mol. The molecule has 1 amide bonds. The standard InChI is InChI=1S/C29H41NO7/c1-7-14(2)22(26(35)36)30-13-18-16(25(30)34)10-19(31)17-11-29(37-23(17)18)15(3)8-9-21-27(4,5)24(33)20(32)12-28(21,29)6/h10,14-15,20-22,24,31-33H,7-9,11-13H2,1-6H3,(H,35,36)/t14-,15+,20+,21+,22+,24+,28-,29+/m0/s1. The number of phenols is 1. The topological polar surface area (TPSA) is 128 Å². The Morgan fingerprint density at radius 1 is 1.22 bits per heavy atom. The zero-order valence-electron chi connectivity index (χ0n) is 22.7. The number of carboxylic acids is 1. The first kappa shape index (κ1) is 26.3. The van der Waals surface area contributed by atoms with Gasteiger partial charge in [-0.1, -0.05) is 48.0 Å². The number of fused-ring (bicyclic) bond motifs is 5. The Morgan fingerprint density at radius 3 is 2.51 bits per heavy atom. The Hall–Kier alpha value is -2.32. The summed E-state index contributed by atoms with van der Waals surface area (Å²) in [6, 6.07) is 0.509. The number of carbonyl (C=O) groups is 2. The number of phenolic OH excluding ortho intramolecular Hbond substituents is 1. The van der Waals surface area contributed by atoms with Crippen LogP contribution in [0.4, 0.5) is 0 Å². The van der Waals surface area contributed by atoms with Crippen LogP contribution in [0.25, 0.3) is 0 Å². The fourth-order valence-corrected chi connectivity index (χ4v) is 8.56. The molecule has 8 nitrogen and oxygen atoms in total. The molecule has 0 aromatic heterocycles. The number of nitrogens with zero attached hydrogens (tertiary/aromatic N) is 1. The third-order valence-electron chi connectivity index (χ3n) is 10.9. The van der Waals surface area contributed by atoms with Gasteiger partial charge in [-0.25, -0.2) is 4.79 Å². The molecule has 2 saturated carbocycles. The van der Waals surface area contributed by atoms with Crippen molar-refractivity contribution in [2.45, 2.75) is 104 Å². The molecule has 0 unspecified atom stereocenters. The minimum Gasteiger partial charge on any atom is -0.508 e. The van der Waals surface area contributed by atoms with E-state index in [1.54, 1.807) is 0 Å². The average molecular weight is 516 g/mol. The molecule has 2 fully saturated rings. The van der Waals surface area contributed by atoms with Gasteiger partial charge in [-0.05, 0) is 48.5 Å². The van der Waals surface area contributed by atoms with E-state index in [1.165, 1.54) is 11.0 Å². The molecule has 37 heavy (non-hydrogen) atoms. The molecule has 0 saturated heterocycles. The van der Waals surface area contributed by atoms with Crippen LogP contribution in [0.2, 0.25) is 0 Å². The van der Waals surface area contributed by atoms with Gasteiger partial charge in [-0.2, -0.15) is 0 Å². The number of hydrogen-bond acceptors (Lipinski definition) is 6. The summed E-state index contributed by atoms with van der Waals surface area (Å²) >= 11 is 0. The van der Waals surface area contributed by atoms with Gasteiger partial charge < -0.3 is 30.1 Å². The van der Waals surface area contributed by atoms with Crippen LogP contribution in [0.5, 0.6) is 11.5 Å². The third-order valence-corrected chi connectivity index (χ3v) is 10.9. The number of aliphatic carboxylic acids is 1. The van der Waals surface area contributed by atoms with E-state index in [2.05, 4.69) is 13.8 Å². The summed E-state index contributed by atoms with van der Waals surface area (Å²) in [7, 11) is 0. The molecular weight excluding hydrogens is 474 g/mol. The van der Waals surface area contributed by atoms with Gasteiger partial charge in [0.2, 0.25) is 0 Å². The summed E-state index contributed by atoms with van der Waals surface area (Å²) in [5, 5.41) is 42.9. The van der Waals surface area contributed by atoms with Crippen LogP contribution in [-0.2, 0) is 17.8 Å². The fourth-order valence-electron chi connectivity index (χ4n) is 8.56. The highest BCUT2D eigenvalue weighted by Gasteiger charge is 2.69. The summed E-state index contributed by atoms with van der Waals surface area (Å²) in [4.78, 5) is 27.0. The zero-order valence-corrected chi connectivity index (χ0v) is 22.7. The van der Waals surface area contributed by atoms with Gasteiger partial charge in [0.15, 0.2) is 0 Å². The van der Waals surface area contributed by atoms with Crippen molar-refractivity contribution in [3.05, 3.63) is 22.8 Å². The van der Waals surface area contributed by atoms with Gasteiger partial charge in [-0.3, -0.25) is 4.79 Å². The van der Waals surface area contributed by atoms with E-state index in [0.29, 0.717) is 41.7 Å². The number of aliphatic hydroxyl groups is 2. The number of hydrogen-bond donors (Lipinski definition) is 4. The van der Waals surface area contributed by atoms with Crippen LogP contribution in [-0.4, -0.2) is 61.1 Å². The minimum absolute atomic E-state index is 0.00943. The molecule has 1 spiro atoms. The lowest BCUT2D eigenvalue weighted by atomic mass is 9.43. The van der Waals surface area contributed by atoms with Gasteiger partial charge in [0.1, 0.15) is 23.1 Å². The Balaban J connectivity index is 1.59. The number of carbonyl (C=O) groups excluding carboxylic acids is 1. The maximum Gasteiger partial charge on any atom is 0.326 e. The van der Waals surface area contributed by atoms with E-state index in [-0.39, 0.29) is 30.0 Å². The van der Waals surface area contributed by atoms with Crippen molar-refractivity contribution < 1.29 is 34.8 Å². The highest BCUT2D eigenvalue weighted by Crippen LogP contribution is 2.67. The summed E-state index contributed by atoms with van der Waals surface area (Å²) < 4.78 is 6.97. The first-order chi connectivity index (χ1) is 17.2. The summed E-state index contributed by atoms with van der Waals surface area (Å²) in [6.45, 7) is 12.2. The van der Waals surface area contributed by atoms with Crippen molar-refractivity contribution >= 4 is 11.9 Å². The van der Waals surface area contributed by atoms with Gasteiger partial charge in [0.05, 0.1) is 24.3 Å². The molecule has 5 rings (SSSR count). The lowest BCUT2D eigenvalue weighted by Crippen LogP contribution is -2.69. The Bertz CT molecular complexity index is 1150. The second-order valence-electron chi connectivity index (χ2n) is 13.0. The van der Waals surface area contributed by atoms with Crippen LogP contribution >= 0.6 is 0 Å². The summed E-state index contributed by atoms with van der Waals surface area (Å²) in [5.41, 5.74) is -0.170. The van der Waals surface area contributed by atoms with Crippen molar-refractivity contribution in [3.63, 3.8) is 0 Å². The minimum atomic E-state index is -1.04. The maximum absolute atomic E-state index is 13.4. The van der Waals surface area contributed by atoms with Gasteiger partial charge >= 0.3 is 5.97 Å². The number of ether oxygens (including phenoxy) is 1. The first-order valence-electron chi connectivity index (χ1n) is 13.7. The molecule has 2 aliphatic carbocycles. The average Bonchev–Trinajstić information content (AvgIpc) is 3.37. The van der Waals surface area contributed by atoms with E-state index in [1.807, 2.05) is 27.7 Å². The highest BCUT2D eigenvalue weighted by atomic mass is 16.5. The SMILES string of the molecule is CC[C@H](C)[C@H](C(=O)O)N1Cc2c(cc(O)c3c2O[C@]2(C3)[C@H](C)CC[C@@H]3C(C)(C)[C@H](O)[C@H](O)C[C@@]32C)C1=O. The van der Waals surface area contributed by atoms with Crippen molar-refractivity contribution in [1.82, 2.24) is 4.90 Å². The van der Waals surface area contributed by atoms with E-state index in [9.17, 15) is 30.0 Å². The van der Waals surface area contributed by atoms with Crippen LogP contribution < -0.4 is 4.74 Å². The quantitative estimate of drug-likeness (QED) is 0.481. The van der Waals surface area contributed by atoms with E-state index in [0.717, 1.165) is 12.8 Å². The number of benzene rings is 1. The van der Waals surface area contributed by atoms with Crippen LogP contribution in [0, 0.1) is 28.6 Å². The second kappa shape index (κ2) is 8.34. The highest BCUT2D eigenvalue weighted by molar-refractivity contribution is 6.02. The molecule has 2 heterocycles. The molecule has 204 valence electrons. The molecule has 4 N–H and O–H groups in total. The largest absolute Gasteiger partial charge is 0.508 e. The number of rotatable bonds is 4. The van der Waals surface area contributed by atoms with E-state index < -0.39 is 46.6 Å². The van der Waals surface area contributed by atoms with Crippen LogP contribution in [0.3, 0.4) is 0 Å².